The number of nitrogens with one attached hydrogen (secondary N) is 1. The van der Waals surface area contributed by atoms with E-state index in [0.29, 0.717) is 6.42 Å². The number of sulfone groups is 1. The Morgan fingerprint density at radius 2 is 1.83 bits per heavy atom. The SMILES string of the molecule is CCC(C)(NC(=O)C(C)(C)S(C)(=O)=O)C(N)=NO. The highest BCUT2D eigenvalue weighted by atomic mass is 32.2. The molecule has 0 spiro atoms. The molecule has 1 unspecified atom stereocenters. The summed E-state index contributed by atoms with van der Waals surface area (Å²) in [6, 6.07) is 0. The first-order valence-corrected chi connectivity index (χ1v) is 7.31. The maximum absolute atomic E-state index is 12.0. The third-order valence-corrected chi connectivity index (χ3v) is 5.28. The molecule has 0 aromatic rings. The Kier molecular flexibility index (Phi) is 4.76. The van der Waals surface area contributed by atoms with Gasteiger partial charge >= 0.3 is 0 Å². The van der Waals surface area contributed by atoms with Crippen LogP contribution in [-0.2, 0) is 14.6 Å². The quantitative estimate of drug-likeness (QED) is 0.279. The van der Waals surface area contributed by atoms with E-state index in [4.69, 9.17) is 10.9 Å². The van der Waals surface area contributed by atoms with Crippen LogP contribution in [0.3, 0.4) is 0 Å². The minimum atomic E-state index is -3.57. The Balaban J connectivity index is 5.31. The fourth-order valence-corrected chi connectivity index (χ4v) is 1.40. The number of carbonyl (C=O) groups is 1. The summed E-state index contributed by atoms with van der Waals surface area (Å²) in [5.74, 6) is -0.872. The van der Waals surface area contributed by atoms with Gasteiger partial charge in [0.1, 0.15) is 4.75 Å². The lowest BCUT2D eigenvalue weighted by molar-refractivity contribution is -0.124. The predicted octanol–water partition coefficient (Wildman–Crippen LogP) is -0.159. The number of amidine groups is 1. The van der Waals surface area contributed by atoms with Crippen LogP contribution >= 0.6 is 0 Å². The molecule has 0 aromatic heterocycles. The van der Waals surface area contributed by atoms with Gasteiger partial charge in [-0.05, 0) is 27.2 Å². The number of hydrogen-bond acceptors (Lipinski definition) is 5. The molecule has 106 valence electrons. The van der Waals surface area contributed by atoms with E-state index in [1.807, 2.05) is 0 Å². The van der Waals surface area contributed by atoms with E-state index in [9.17, 15) is 13.2 Å². The van der Waals surface area contributed by atoms with Crippen molar-refractivity contribution in [1.29, 1.82) is 0 Å². The fourth-order valence-electron chi connectivity index (χ4n) is 1.01. The first-order chi connectivity index (χ1) is 7.92. The average molecular weight is 279 g/mol. The van der Waals surface area contributed by atoms with Gasteiger partial charge in [-0.15, -0.1) is 0 Å². The van der Waals surface area contributed by atoms with Crippen molar-refractivity contribution < 1.29 is 18.4 Å². The summed E-state index contributed by atoms with van der Waals surface area (Å²) < 4.78 is 21.5. The maximum atomic E-state index is 12.0. The van der Waals surface area contributed by atoms with Crippen molar-refractivity contribution in [3.8, 4) is 0 Å². The molecule has 0 saturated heterocycles. The number of hydrogen-bond donors (Lipinski definition) is 3. The third-order valence-electron chi connectivity index (χ3n) is 3.24. The summed E-state index contributed by atoms with van der Waals surface area (Å²) in [7, 11) is -3.57. The van der Waals surface area contributed by atoms with Crippen molar-refractivity contribution >= 4 is 21.6 Å². The Labute approximate surface area is 107 Å². The Hall–Kier alpha value is -1.31. The highest BCUT2D eigenvalue weighted by Crippen LogP contribution is 2.18. The molecule has 0 aliphatic rings. The van der Waals surface area contributed by atoms with Crippen molar-refractivity contribution in [2.75, 3.05) is 6.26 Å². The van der Waals surface area contributed by atoms with Gasteiger partial charge in [-0.2, -0.15) is 0 Å². The van der Waals surface area contributed by atoms with Gasteiger partial charge in [0.15, 0.2) is 15.7 Å². The lowest BCUT2D eigenvalue weighted by atomic mass is 9.96. The van der Waals surface area contributed by atoms with E-state index < -0.39 is 26.0 Å². The fraction of sp³-hybridized carbons (Fsp3) is 0.800. The minimum Gasteiger partial charge on any atom is -0.409 e. The van der Waals surface area contributed by atoms with Crippen LogP contribution in [-0.4, -0.2) is 41.9 Å². The first-order valence-electron chi connectivity index (χ1n) is 5.42. The molecule has 4 N–H and O–H groups in total. The number of nitrogens with zero attached hydrogens (tertiary/aromatic N) is 1. The lowest BCUT2D eigenvalue weighted by Gasteiger charge is -2.32. The second-order valence-electron chi connectivity index (χ2n) is 4.91. The summed E-state index contributed by atoms with van der Waals surface area (Å²) >= 11 is 0. The number of oxime groups is 1. The summed E-state index contributed by atoms with van der Waals surface area (Å²) in [6.07, 6.45) is 1.34. The molecular weight excluding hydrogens is 258 g/mol. The largest absolute Gasteiger partial charge is 0.409 e. The molecule has 7 nitrogen and oxygen atoms in total. The number of rotatable bonds is 5. The van der Waals surface area contributed by atoms with Crippen LogP contribution < -0.4 is 11.1 Å². The molecule has 0 aliphatic heterocycles. The Bertz CT molecular complexity index is 456. The van der Waals surface area contributed by atoms with Crippen LogP contribution in [0.25, 0.3) is 0 Å². The van der Waals surface area contributed by atoms with E-state index in [1.54, 1.807) is 13.8 Å². The molecule has 0 fully saturated rings. The van der Waals surface area contributed by atoms with Gasteiger partial charge < -0.3 is 16.3 Å². The van der Waals surface area contributed by atoms with Crippen LogP contribution in [0.15, 0.2) is 5.16 Å². The first kappa shape index (κ1) is 16.7. The van der Waals surface area contributed by atoms with Crippen molar-refractivity contribution in [2.24, 2.45) is 10.9 Å². The summed E-state index contributed by atoms with van der Waals surface area (Å²) in [6.45, 7) is 5.89. The minimum absolute atomic E-state index is 0.178. The van der Waals surface area contributed by atoms with Crippen molar-refractivity contribution in [2.45, 2.75) is 44.4 Å². The highest BCUT2D eigenvalue weighted by molar-refractivity contribution is 7.92. The summed E-state index contributed by atoms with van der Waals surface area (Å²) in [5.41, 5.74) is 4.41. The highest BCUT2D eigenvalue weighted by Gasteiger charge is 2.42. The van der Waals surface area contributed by atoms with Crippen molar-refractivity contribution in [3.05, 3.63) is 0 Å². The molecule has 8 heteroatoms. The molecule has 0 heterocycles. The van der Waals surface area contributed by atoms with Crippen LogP contribution in [0.5, 0.6) is 0 Å². The normalized spacial score (nSPS) is 17.1. The smallest absolute Gasteiger partial charge is 0.241 e. The van der Waals surface area contributed by atoms with Crippen LogP contribution in [0.2, 0.25) is 0 Å². The van der Waals surface area contributed by atoms with Gasteiger partial charge in [0.25, 0.3) is 0 Å². The second-order valence-corrected chi connectivity index (χ2v) is 7.47. The molecular formula is C10H21N3O4S. The van der Waals surface area contributed by atoms with Gasteiger partial charge in [-0.3, -0.25) is 4.79 Å². The Morgan fingerprint density at radius 3 is 2.11 bits per heavy atom. The van der Waals surface area contributed by atoms with Crippen molar-refractivity contribution in [1.82, 2.24) is 5.32 Å². The van der Waals surface area contributed by atoms with Crippen LogP contribution in [0.4, 0.5) is 0 Å². The molecule has 0 saturated carbocycles. The third kappa shape index (κ3) is 3.12. The van der Waals surface area contributed by atoms with E-state index in [2.05, 4.69) is 10.5 Å². The van der Waals surface area contributed by atoms with Gasteiger partial charge in [-0.1, -0.05) is 12.1 Å². The van der Waals surface area contributed by atoms with E-state index in [-0.39, 0.29) is 5.84 Å². The molecule has 0 aromatic carbocycles. The lowest BCUT2D eigenvalue weighted by Crippen LogP contribution is -2.60. The number of amides is 1. The summed E-state index contributed by atoms with van der Waals surface area (Å²) in [5, 5.41) is 14.0. The molecule has 18 heavy (non-hydrogen) atoms. The molecule has 1 amide bonds. The van der Waals surface area contributed by atoms with Crippen LogP contribution in [0.1, 0.15) is 34.1 Å². The van der Waals surface area contributed by atoms with Gasteiger partial charge in [0, 0.05) is 6.26 Å². The zero-order valence-electron chi connectivity index (χ0n) is 11.3. The van der Waals surface area contributed by atoms with Gasteiger partial charge in [-0.25, -0.2) is 8.42 Å². The summed E-state index contributed by atoms with van der Waals surface area (Å²) in [4.78, 5) is 12.0. The standard InChI is InChI=1S/C10H21N3O4S/c1-6-10(4,7(11)13-15)12-8(14)9(2,3)18(5,16)17/h15H,6H2,1-5H3,(H2,11,13)(H,12,14). The Morgan fingerprint density at radius 1 is 1.39 bits per heavy atom. The van der Waals surface area contributed by atoms with E-state index in [1.165, 1.54) is 13.8 Å². The molecule has 0 aliphatic carbocycles. The van der Waals surface area contributed by atoms with Gasteiger partial charge in [0.05, 0.1) is 5.54 Å². The second kappa shape index (κ2) is 5.13. The maximum Gasteiger partial charge on any atom is 0.241 e. The topological polar surface area (TPSA) is 122 Å². The average Bonchev–Trinajstić information content (AvgIpc) is 2.25. The van der Waals surface area contributed by atoms with E-state index >= 15 is 0 Å². The van der Waals surface area contributed by atoms with E-state index in [0.717, 1.165) is 6.26 Å². The zero-order valence-corrected chi connectivity index (χ0v) is 12.1. The predicted molar refractivity (Wildman–Crippen MR) is 69.2 cm³/mol. The van der Waals surface area contributed by atoms with Crippen LogP contribution in [0, 0.1) is 0 Å². The zero-order chi connectivity index (χ0) is 14.8. The monoisotopic (exact) mass is 279 g/mol. The molecule has 0 bridgehead atoms. The number of carbonyl (C=O) groups excluding carboxylic acids is 1. The molecule has 0 radical (unpaired) electrons. The molecule has 1 atom stereocenters. The van der Waals surface area contributed by atoms with Gasteiger partial charge in [0.2, 0.25) is 5.91 Å². The number of nitrogens with two attached hydrogens (primary N) is 1. The molecule has 0 rings (SSSR count). The van der Waals surface area contributed by atoms with Crippen molar-refractivity contribution in [3.63, 3.8) is 0 Å².